The van der Waals surface area contributed by atoms with Crippen molar-refractivity contribution in [2.24, 2.45) is 5.41 Å². The van der Waals surface area contributed by atoms with Gasteiger partial charge in [0.25, 0.3) is 0 Å². The molecular formula is C12H23N3O3S2. The van der Waals surface area contributed by atoms with E-state index in [1.807, 2.05) is 13.8 Å². The summed E-state index contributed by atoms with van der Waals surface area (Å²) in [4.78, 5) is 0.0871. The van der Waals surface area contributed by atoms with Crippen molar-refractivity contribution in [3.63, 3.8) is 0 Å². The van der Waals surface area contributed by atoms with Crippen LogP contribution >= 0.6 is 11.5 Å². The highest BCUT2D eigenvalue weighted by atomic mass is 32.2. The normalized spacial score (nSPS) is 12.6. The molecular weight excluding hydrogens is 298 g/mol. The quantitative estimate of drug-likeness (QED) is 0.673. The lowest BCUT2D eigenvalue weighted by Crippen LogP contribution is -2.32. The molecule has 1 heterocycles. The van der Waals surface area contributed by atoms with E-state index in [1.54, 1.807) is 6.92 Å². The fourth-order valence-corrected chi connectivity index (χ4v) is 4.06. The lowest BCUT2D eigenvalue weighted by Gasteiger charge is -2.29. The summed E-state index contributed by atoms with van der Waals surface area (Å²) in [6, 6.07) is 0. The predicted octanol–water partition coefficient (Wildman–Crippen LogP) is 1.73. The van der Waals surface area contributed by atoms with Gasteiger partial charge in [0, 0.05) is 12.0 Å². The second kappa shape index (κ2) is 6.73. The SMILES string of the molecule is CCC(CC)(CO)CNc1snc(N)c1S(=O)(=O)CC. The number of hydrogen-bond donors (Lipinski definition) is 3. The third-order valence-electron chi connectivity index (χ3n) is 3.82. The molecule has 0 unspecified atom stereocenters. The van der Waals surface area contributed by atoms with Gasteiger partial charge in [0.15, 0.2) is 15.7 Å². The van der Waals surface area contributed by atoms with E-state index in [9.17, 15) is 13.5 Å². The highest BCUT2D eigenvalue weighted by Crippen LogP contribution is 2.34. The Balaban J connectivity index is 3.01. The van der Waals surface area contributed by atoms with Crippen LogP contribution in [0.3, 0.4) is 0 Å². The van der Waals surface area contributed by atoms with Gasteiger partial charge < -0.3 is 16.2 Å². The number of anilines is 2. The number of sulfone groups is 1. The number of rotatable bonds is 8. The molecule has 0 aromatic carbocycles. The van der Waals surface area contributed by atoms with E-state index in [1.165, 1.54) is 0 Å². The molecule has 0 radical (unpaired) electrons. The number of aliphatic hydroxyl groups is 1. The van der Waals surface area contributed by atoms with Crippen molar-refractivity contribution >= 4 is 32.2 Å². The van der Waals surface area contributed by atoms with E-state index in [-0.39, 0.29) is 28.5 Å². The molecule has 0 fully saturated rings. The van der Waals surface area contributed by atoms with Crippen LogP contribution in [0.25, 0.3) is 0 Å². The molecule has 1 rings (SSSR count). The molecule has 0 saturated carbocycles. The molecule has 1 aromatic rings. The van der Waals surface area contributed by atoms with Crippen molar-refractivity contribution < 1.29 is 13.5 Å². The van der Waals surface area contributed by atoms with Crippen LogP contribution in [0.1, 0.15) is 33.6 Å². The number of nitrogen functional groups attached to an aromatic ring is 1. The monoisotopic (exact) mass is 321 g/mol. The van der Waals surface area contributed by atoms with Crippen molar-refractivity contribution in [3.05, 3.63) is 0 Å². The van der Waals surface area contributed by atoms with Crippen molar-refractivity contribution in [2.45, 2.75) is 38.5 Å². The number of nitrogens with two attached hydrogens (primary N) is 1. The molecule has 20 heavy (non-hydrogen) atoms. The summed E-state index contributed by atoms with van der Waals surface area (Å²) in [5.74, 6) is 0.0266. The molecule has 0 amide bonds. The maximum atomic E-state index is 12.0. The zero-order chi connectivity index (χ0) is 15.4. The Morgan fingerprint density at radius 1 is 1.35 bits per heavy atom. The van der Waals surface area contributed by atoms with E-state index in [0.717, 1.165) is 24.4 Å². The summed E-state index contributed by atoms with van der Waals surface area (Å²) >= 11 is 1.04. The van der Waals surface area contributed by atoms with Crippen molar-refractivity contribution in [3.8, 4) is 0 Å². The molecule has 116 valence electrons. The highest BCUT2D eigenvalue weighted by Gasteiger charge is 2.28. The molecule has 0 aliphatic heterocycles. The molecule has 0 aliphatic rings. The van der Waals surface area contributed by atoms with Gasteiger partial charge in [-0.05, 0) is 24.4 Å². The van der Waals surface area contributed by atoms with Crippen LogP contribution in [0, 0.1) is 5.41 Å². The molecule has 1 aromatic heterocycles. The Labute approximate surface area is 124 Å². The highest BCUT2D eigenvalue weighted by molar-refractivity contribution is 7.91. The number of nitrogens with zero attached hydrogens (tertiary/aromatic N) is 1. The second-order valence-corrected chi connectivity index (χ2v) is 7.84. The molecule has 0 aliphatic carbocycles. The summed E-state index contributed by atoms with van der Waals surface area (Å²) in [5, 5.41) is 13.1. The first-order chi connectivity index (χ1) is 9.35. The van der Waals surface area contributed by atoms with E-state index in [0.29, 0.717) is 11.5 Å². The van der Waals surface area contributed by atoms with Crippen LogP contribution in [0.4, 0.5) is 10.8 Å². The maximum Gasteiger partial charge on any atom is 0.184 e. The Bertz CT molecular complexity index is 528. The minimum absolute atomic E-state index is 0.0169. The summed E-state index contributed by atoms with van der Waals surface area (Å²) in [5.41, 5.74) is 5.41. The zero-order valence-electron chi connectivity index (χ0n) is 12.1. The number of aliphatic hydroxyl groups excluding tert-OH is 1. The maximum absolute atomic E-state index is 12.0. The van der Waals surface area contributed by atoms with Crippen LogP contribution in [0.2, 0.25) is 0 Å². The minimum Gasteiger partial charge on any atom is -0.396 e. The first kappa shape index (κ1) is 17.2. The Morgan fingerprint density at radius 2 is 1.95 bits per heavy atom. The van der Waals surface area contributed by atoms with Crippen molar-refractivity contribution in [2.75, 3.05) is 30.0 Å². The van der Waals surface area contributed by atoms with Gasteiger partial charge in [-0.1, -0.05) is 20.8 Å². The number of nitrogens with one attached hydrogen (secondary N) is 1. The average molecular weight is 321 g/mol. The summed E-state index contributed by atoms with van der Waals surface area (Å²) in [6.07, 6.45) is 1.61. The summed E-state index contributed by atoms with van der Waals surface area (Å²) in [7, 11) is -3.41. The van der Waals surface area contributed by atoms with Crippen LogP contribution < -0.4 is 11.1 Å². The minimum atomic E-state index is -3.41. The van der Waals surface area contributed by atoms with Gasteiger partial charge >= 0.3 is 0 Å². The Hall–Kier alpha value is -0.860. The Kier molecular flexibility index (Phi) is 5.79. The Morgan fingerprint density at radius 3 is 2.40 bits per heavy atom. The number of hydrogen-bond acceptors (Lipinski definition) is 7. The zero-order valence-corrected chi connectivity index (χ0v) is 13.8. The first-order valence-electron chi connectivity index (χ1n) is 6.68. The van der Waals surface area contributed by atoms with Gasteiger partial charge in [0.1, 0.15) is 9.90 Å². The third kappa shape index (κ3) is 3.42. The predicted molar refractivity (Wildman–Crippen MR) is 82.8 cm³/mol. The third-order valence-corrected chi connectivity index (χ3v) is 6.57. The number of aromatic nitrogens is 1. The van der Waals surface area contributed by atoms with Gasteiger partial charge in [0.05, 0.1) is 12.4 Å². The summed E-state index contributed by atoms with van der Waals surface area (Å²) < 4.78 is 28.0. The lowest BCUT2D eigenvalue weighted by molar-refractivity contribution is 0.127. The smallest absolute Gasteiger partial charge is 0.184 e. The largest absolute Gasteiger partial charge is 0.396 e. The fraction of sp³-hybridized carbons (Fsp3) is 0.750. The molecule has 0 saturated heterocycles. The molecule has 0 spiro atoms. The van der Waals surface area contributed by atoms with Crippen LogP contribution in [-0.2, 0) is 9.84 Å². The molecule has 0 bridgehead atoms. The van der Waals surface area contributed by atoms with Gasteiger partial charge in [-0.3, -0.25) is 0 Å². The van der Waals surface area contributed by atoms with Gasteiger partial charge in [-0.2, -0.15) is 4.37 Å². The van der Waals surface area contributed by atoms with E-state index >= 15 is 0 Å². The molecule has 0 atom stereocenters. The van der Waals surface area contributed by atoms with Crippen LogP contribution in [0.5, 0.6) is 0 Å². The van der Waals surface area contributed by atoms with E-state index in [4.69, 9.17) is 5.73 Å². The van der Waals surface area contributed by atoms with Crippen LogP contribution in [-0.4, -0.2) is 36.8 Å². The van der Waals surface area contributed by atoms with E-state index in [2.05, 4.69) is 9.69 Å². The van der Waals surface area contributed by atoms with Crippen molar-refractivity contribution in [1.82, 2.24) is 4.37 Å². The lowest BCUT2D eigenvalue weighted by atomic mass is 9.83. The van der Waals surface area contributed by atoms with Crippen LogP contribution in [0.15, 0.2) is 4.90 Å². The topological polar surface area (TPSA) is 105 Å². The average Bonchev–Trinajstić information content (AvgIpc) is 2.83. The first-order valence-corrected chi connectivity index (χ1v) is 9.11. The standard InChI is InChI=1S/C12H23N3O3S2/c1-4-12(5-2,8-16)7-14-11-9(10(13)15-19-11)20(17,18)6-3/h14,16H,4-8H2,1-3H3,(H2,13,15). The second-order valence-electron chi connectivity index (χ2n) is 4.85. The molecule has 4 N–H and O–H groups in total. The van der Waals surface area contributed by atoms with Crippen molar-refractivity contribution in [1.29, 1.82) is 0 Å². The van der Waals surface area contributed by atoms with Gasteiger partial charge in [0.2, 0.25) is 0 Å². The van der Waals surface area contributed by atoms with E-state index < -0.39 is 9.84 Å². The summed E-state index contributed by atoms with van der Waals surface area (Å²) in [6.45, 7) is 6.13. The van der Waals surface area contributed by atoms with Gasteiger partial charge in [-0.15, -0.1) is 0 Å². The van der Waals surface area contributed by atoms with Gasteiger partial charge in [-0.25, -0.2) is 8.42 Å². The fourth-order valence-electron chi connectivity index (χ4n) is 1.90. The molecule has 6 nitrogen and oxygen atoms in total. The molecule has 8 heteroatoms.